The number of aliphatic hydroxyl groups excluding tert-OH is 1. The number of nitrogens with one attached hydrogen (secondary N) is 2. The topological polar surface area (TPSA) is 106 Å². The first-order valence-electron chi connectivity index (χ1n) is 14.5. The van der Waals surface area contributed by atoms with E-state index in [1.165, 1.54) is 0 Å². The molecule has 9 heteroatoms. The van der Waals surface area contributed by atoms with Gasteiger partial charge in [0.2, 0.25) is 10.0 Å². The van der Waals surface area contributed by atoms with E-state index in [1.54, 1.807) is 27.2 Å². The lowest BCUT2D eigenvalue weighted by Gasteiger charge is -2.37. The molecule has 0 saturated carbocycles. The van der Waals surface area contributed by atoms with Crippen molar-refractivity contribution in [2.24, 2.45) is 0 Å². The molecule has 0 fully saturated rings. The Morgan fingerprint density at radius 3 is 1.91 bits per heavy atom. The SMILES string of the molecule is COc1ccc(C(CC(C)(NC[C@@H](C)O)c2ccc(OCc3ccccc3)c(NS(C)(=O)=O)c2)c2ccc(OC)cc2)cc1. The van der Waals surface area contributed by atoms with Crippen LogP contribution in [0, 0.1) is 0 Å². The summed E-state index contributed by atoms with van der Waals surface area (Å²) in [5.74, 6) is 1.88. The maximum absolute atomic E-state index is 12.4. The summed E-state index contributed by atoms with van der Waals surface area (Å²) in [5, 5.41) is 13.9. The highest BCUT2D eigenvalue weighted by atomic mass is 32.2. The maximum Gasteiger partial charge on any atom is 0.229 e. The van der Waals surface area contributed by atoms with Crippen LogP contribution in [0.2, 0.25) is 0 Å². The van der Waals surface area contributed by atoms with Crippen LogP contribution in [-0.2, 0) is 22.2 Å². The molecule has 0 amide bonds. The number of anilines is 1. The van der Waals surface area contributed by atoms with E-state index in [2.05, 4.69) is 41.2 Å². The van der Waals surface area contributed by atoms with Gasteiger partial charge in [-0.2, -0.15) is 0 Å². The molecule has 0 bridgehead atoms. The zero-order chi connectivity index (χ0) is 31.7. The van der Waals surface area contributed by atoms with Crippen molar-refractivity contribution in [1.82, 2.24) is 5.32 Å². The Balaban J connectivity index is 1.77. The molecule has 8 nitrogen and oxygen atoms in total. The van der Waals surface area contributed by atoms with Gasteiger partial charge in [0.05, 0.1) is 32.3 Å². The van der Waals surface area contributed by atoms with Crippen molar-refractivity contribution < 1.29 is 27.7 Å². The van der Waals surface area contributed by atoms with E-state index in [0.29, 0.717) is 24.4 Å². The first kappa shape index (κ1) is 32.9. The molecule has 0 heterocycles. The van der Waals surface area contributed by atoms with Gasteiger partial charge in [0.15, 0.2) is 0 Å². The van der Waals surface area contributed by atoms with Crippen molar-refractivity contribution in [3.8, 4) is 17.2 Å². The summed E-state index contributed by atoms with van der Waals surface area (Å²) in [7, 11) is -0.325. The second-order valence-electron chi connectivity index (χ2n) is 11.2. The van der Waals surface area contributed by atoms with Crippen LogP contribution in [0.25, 0.3) is 0 Å². The molecule has 1 unspecified atom stereocenters. The maximum atomic E-state index is 12.4. The molecule has 2 atom stereocenters. The number of hydrogen-bond acceptors (Lipinski definition) is 7. The van der Waals surface area contributed by atoms with Crippen molar-refractivity contribution in [3.63, 3.8) is 0 Å². The van der Waals surface area contributed by atoms with Gasteiger partial charge in [-0.05, 0) is 78.9 Å². The third-order valence-corrected chi connectivity index (χ3v) is 8.18. The van der Waals surface area contributed by atoms with Crippen LogP contribution < -0.4 is 24.2 Å². The fraction of sp³-hybridized carbons (Fsp3) is 0.314. The first-order valence-corrected chi connectivity index (χ1v) is 16.4. The van der Waals surface area contributed by atoms with Gasteiger partial charge < -0.3 is 24.6 Å². The Kier molecular flexibility index (Phi) is 10.9. The summed E-state index contributed by atoms with van der Waals surface area (Å²) in [5.41, 5.74) is 3.61. The van der Waals surface area contributed by atoms with Crippen molar-refractivity contribution in [3.05, 3.63) is 119 Å². The Morgan fingerprint density at radius 2 is 1.41 bits per heavy atom. The molecule has 44 heavy (non-hydrogen) atoms. The molecular weight excluding hydrogens is 576 g/mol. The number of rotatable bonds is 15. The Morgan fingerprint density at radius 1 is 0.841 bits per heavy atom. The van der Waals surface area contributed by atoms with Gasteiger partial charge in [-0.1, -0.05) is 60.7 Å². The summed E-state index contributed by atoms with van der Waals surface area (Å²) in [6.45, 7) is 4.41. The molecule has 3 N–H and O–H groups in total. The van der Waals surface area contributed by atoms with E-state index in [0.717, 1.165) is 40.0 Å². The number of hydrogen-bond donors (Lipinski definition) is 3. The zero-order valence-corrected chi connectivity index (χ0v) is 26.7. The number of sulfonamides is 1. The molecule has 4 aromatic rings. The lowest BCUT2D eigenvalue weighted by molar-refractivity contribution is 0.169. The number of benzene rings is 4. The lowest BCUT2D eigenvalue weighted by Crippen LogP contribution is -2.44. The molecule has 0 aromatic heterocycles. The van der Waals surface area contributed by atoms with Gasteiger partial charge in [0.1, 0.15) is 23.9 Å². The fourth-order valence-corrected chi connectivity index (χ4v) is 5.75. The van der Waals surface area contributed by atoms with Crippen LogP contribution in [-0.4, -0.2) is 46.6 Å². The second-order valence-corrected chi connectivity index (χ2v) is 13.0. The van der Waals surface area contributed by atoms with Gasteiger partial charge in [-0.25, -0.2) is 8.42 Å². The highest BCUT2D eigenvalue weighted by Crippen LogP contribution is 2.41. The van der Waals surface area contributed by atoms with Crippen molar-refractivity contribution in [2.45, 2.75) is 44.4 Å². The minimum absolute atomic E-state index is 0.0707. The van der Waals surface area contributed by atoms with Gasteiger partial charge in [-0.15, -0.1) is 0 Å². The zero-order valence-electron chi connectivity index (χ0n) is 25.9. The van der Waals surface area contributed by atoms with E-state index in [1.807, 2.05) is 66.7 Å². The predicted octanol–water partition coefficient (Wildman–Crippen LogP) is 6.06. The fourth-order valence-electron chi connectivity index (χ4n) is 5.19. The molecule has 4 rings (SSSR count). The standard InChI is InChI=1S/C35H42N2O6S/c1-25(38)23-36-35(2,22-32(27-11-16-30(41-3)17-12-27)28-13-18-31(42-4)19-14-28)29-15-20-34(33(21-29)37-44(5,39)40)43-24-26-9-7-6-8-10-26/h6-21,25,32,36-38H,22-24H2,1-5H3/t25-,35?/m1/s1. The largest absolute Gasteiger partial charge is 0.497 e. The van der Waals surface area contributed by atoms with Crippen molar-refractivity contribution in [2.75, 3.05) is 31.7 Å². The van der Waals surface area contributed by atoms with E-state index in [9.17, 15) is 13.5 Å². The molecule has 0 aliphatic heterocycles. The molecule has 0 spiro atoms. The molecule has 0 saturated heterocycles. The van der Waals surface area contributed by atoms with Crippen LogP contribution in [0.15, 0.2) is 97.1 Å². The highest BCUT2D eigenvalue weighted by Gasteiger charge is 2.33. The van der Waals surface area contributed by atoms with E-state index < -0.39 is 21.7 Å². The number of aliphatic hydroxyl groups is 1. The highest BCUT2D eigenvalue weighted by molar-refractivity contribution is 7.92. The molecule has 0 radical (unpaired) electrons. The van der Waals surface area contributed by atoms with Crippen LogP contribution >= 0.6 is 0 Å². The Hall–Kier alpha value is -4.05. The first-order chi connectivity index (χ1) is 21.0. The van der Waals surface area contributed by atoms with E-state index in [4.69, 9.17) is 14.2 Å². The smallest absolute Gasteiger partial charge is 0.229 e. The summed E-state index contributed by atoms with van der Waals surface area (Å²) >= 11 is 0. The number of methoxy groups -OCH3 is 2. The van der Waals surface area contributed by atoms with Gasteiger partial charge >= 0.3 is 0 Å². The van der Waals surface area contributed by atoms with Crippen molar-refractivity contribution in [1.29, 1.82) is 0 Å². The molecule has 0 aliphatic rings. The molecule has 234 valence electrons. The second kappa shape index (κ2) is 14.6. The predicted molar refractivity (Wildman–Crippen MR) is 175 cm³/mol. The lowest BCUT2D eigenvalue weighted by atomic mass is 9.77. The summed E-state index contributed by atoms with van der Waals surface area (Å²) < 4.78 is 44.4. The normalized spacial score (nSPS) is 13.6. The monoisotopic (exact) mass is 618 g/mol. The minimum Gasteiger partial charge on any atom is -0.497 e. The Bertz CT molecular complexity index is 1550. The molecular formula is C35H42N2O6S. The van der Waals surface area contributed by atoms with Crippen LogP contribution in [0.1, 0.15) is 48.4 Å². The number of ether oxygens (including phenoxy) is 3. The third-order valence-electron chi connectivity index (χ3n) is 7.59. The summed E-state index contributed by atoms with van der Waals surface area (Å²) in [6, 6.07) is 31.2. The average molecular weight is 619 g/mol. The van der Waals surface area contributed by atoms with Gasteiger partial charge in [0.25, 0.3) is 0 Å². The van der Waals surface area contributed by atoms with E-state index in [-0.39, 0.29) is 12.5 Å². The van der Waals surface area contributed by atoms with Crippen LogP contribution in [0.3, 0.4) is 0 Å². The van der Waals surface area contributed by atoms with E-state index >= 15 is 0 Å². The van der Waals surface area contributed by atoms with Gasteiger partial charge in [0, 0.05) is 18.0 Å². The Labute approximate surface area is 261 Å². The van der Waals surface area contributed by atoms with Crippen LogP contribution in [0.4, 0.5) is 5.69 Å². The van der Waals surface area contributed by atoms with Crippen LogP contribution in [0.5, 0.6) is 17.2 Å². The molecule has 0 aliphatic carbocycles. The van der Waals surface area contributed by atoms with Crippen molar-refractivity contribution >= 4 is 15.7 Å². The summed E-state index contributed by atoms with van der Waals surface area (Å²) in [6.07, 6.45) is 1.10. The van der Waals surface area contributed by atoms with Gasteiger partial charge in [-0.3, -0.25) is 4.72 Å². The minimum atomic E-state index is -3.61. The third kappa shape index (κ3) is 8.98. The average Bonchev–Trinajstić information content (AvgIpc) is 3.02. The molecule has 4 aromatic carbocycles. The summed E-state index contributed by atoms with van der Waals surface area (Å²) in [4.78, 5) is 0. The quantitative estimate of drug-likeness (QED) is 0.149.